The van der Waals surface area contributed by atoms with Gasteiger partial charge in [-0.15, -0.1) is 0 Å². The SMILES string of the molecule is C=C/C=C\C(=C(\C)C=C)C(CC)n1cccc(C(=O)Nc2ccncc2)c1=O.CC.CC. The Morgan fingerprint density at radius 1 is 1.16 bits per heavy atom. The topological polar surface area (TPSA) is 64.0 Å². The summed E-state index contributed by atoms with van der Waals surface area (Å²) in [6.07, 6.45) is 12.7. The average Bonchev–Trinajstić information content (AvgIpc) is 2.85. The Kier molecular flexibility index (Phi) is 14.5. The average molecular weight is 436 g/mol. The molecule has 1 N–H and O–H groups in total. The van der Waals surface area contributed by atoms with Crippen LogP contribution in [0.1, 0.15) is 64.4 Å². The minimum atomic E-state index is -0.451. The van der Waals surface area contributed by atoms with Gasteiger partial charge in [0.1, 0.15) is 5.56 Å². The first kappa shape index (κ1) is 28.5. The Morgan fingerprint density at radius 2 is 1.78 bits per heavy atom. The Balaban J connectivity index is 0.00000227. The molecule has 2 aromatic rings. The summed E-state index contributed by atoms with van der Waals surface area (Å²) in [5.41, 5.74) is 2.23. The van der Waals surface area contributed by atoms with Crippen molar-refractivity contribution in [1.29, 1.82) is 0 Å². The lowest BCUT2D eigenvalue weighted by Gasteiger charge is -2.22. The number of nitrogens with one attached hydrogen (secondary N) is 1. The maximum atomic E-state index is 13.1. The lowest BCUT2D eigenvalue weighted by molar-refractivity contribution is 0.102. The fourth-order valence-electron chi connectivity index (χ4n) is 2.92. The number of carbonyl (C=O) groups excluding carboxylic acids is 1. The Bertz CT molecular complexity index is 970. The van der Waals surface area contributed by atoms with Crippen molar-refractivity contribution in [1.82, 2.24) is 9.55 Å². The maximum absolute atomic E-state index is 13.1. The van der Waals surface area contributed by atoms with Crippen molar-refractivity contribution in [3.63, 3.8) is 0 Å². The third-order valence-electron chi connectivity index (χ3n) is 4.41. The number of allylic oxidation sites excluding steroid dienone is 6. The van der Waals surface area contributed by atoms with E-state index in [4.69, 9.17) is 0 Å². The lowest BCUT2D eigenvalue weighted by atomic mass is 9.98. The standard InChI is InChI=1S/C23H25N3O2.2C2H6/c1-5-8-10-19(17(4)6-2)21(7-3)26-16-9-11-20(23(26)28)22(27)25-18-12-14-24-15-13-18;2*1-2/h5-6,8-16,21H,1-2,7H2,3-4H3,(H,24,25,27);2*1-2H3/b10-8-,19-17+;;. The molecule has 0 spiro atoms. The van der Waals surface area contributed by atoms with Crippen LogP contribution in [0.15, 0.2) is 96.3 Å². The van der Waals surface area contributed by atoms with Gasteiger partial charge in [-0.05, 0) is 48.8 Å². The van der Waals surface area contributed by atoms with E-state index in [1.165, 1.54) is 6.07 Å². The number of aromatic nitrogens is 2. The Hall–Kier alpha value is -3.47. The summed E-state index contributed by atoms with van der Waals surface area (Å²) in [6.45, 7) is 19.5. The molecule has 0 fully saturated rings. The molecule has 5 heteroatoms. The van der Waals surface area contributed by atoms with Crippen LogP contribution < -0.4 is 10.9 Å². The van der Waals surface area contributed by atoms with Crippen molar-refractivity contribution < 1.29 is 4.79 Å². The molecule has 0 saturated carbocycles. The largest absolute Gasteiger partial charge is 0.322 e. The van der Waals surface area contributed by atoms with Gasteiger partial charge in [0, 0.05) is 24.3 Å². The number of pyridine rings is 2. The van der Waals surface area contributed by atoms with Gasteiger partial charge < -0.3 is 9.88 Å². The van der Waals surface area contributed by atoms with Crippen LogP contribution in [0.25, 0.3) is 0 Å². The second-order valence-electron chi connectivity index (χ2n) is 6.19. The molecule has 0 aliphatic heterocycles. The van der Waals surface area contributed by atoms with Gasteiger partial charge in [-0.1, -0.05) is 72.1 Å². The van der Waals surface area contributed by atoms with E-state index >= 15 is 0 Å². The van der Waals surface area contributed by atoms with Crippen LogP contribution >= 0.6 is 0 Å². The van der Waals surface area contributed by atoms with E-state index in [1.54, 1.807) is 53.5 Å². The molecule has 0 aliphatic rings. The molecule has 2 rings (SSSR count). The molecule has 5 nitrogen and oxygen atoms in total. The number of nitrogens with zero attached hydrogens (tertiary/aromatic N) is 2. The van der Waals surface area contributed by atoms with Crippen LogP contribution in [0.2, 0.25) is 0 Å². The highest BCUT2D eigenvalue weighted by Crippen LogP contribution is 2.25. The highest BCUT2D eigenvalue weighted by Gasteiger charge is 2.19. The molecule has 0 aromatic carbocycles. The quantitative estimate of drug-likeness (QED) is 0.467. The van der Waals surface area contributed by atoms with E-state index in [0.717, 1.165) is 11.1 Å². The van der Waals surface area contributed by atoms with E-state index in [9.17, 15) is 9.59 Å². The molecule has 0 radical (unpaired) electrons. The first-order valence-electron chi connectivity index (χ1n) is 11.1. The van der Waals surface area contributed by atoms with E-state index in [2.05, 4.69) is 23.5 Å². The highest BCUT2D eigenvalue weighted by atomic mass is 16.2. The zero-order chi connectivity index (χ0) is 24.5. The highest BCUT2D eigenvalue weighted by molar-refractivity contribution is 6.03. The number of hydrogen-bond acceptors (Lipinski definition) is 3. The van der Waals surface area contributed by atoms with Crippen molar-refractivity contribution in [2.24, 2.45) is 0 Å². The molecule has 0 bridgehead atoms. The minimum absolute atomic E-state index is 0.0843. The third kappa shape index (κ3) is 7.99. The predicted molar refractivity (Wildman–Crippen MR) is 137 cm³/mol. The summed E-state index contributed by atoms with van der Waals surface area (Å²) in [7, 11) is 0. The molecular weight excluding hydrogens is 398 g/mol. The van der Waals surface area contributed by atoms with Gasteiger partial charge in [-0.2, -0.15) is 0 Å². The summed E-state index contributed by atoms with van der Waals surface area (Å²) in [4.78, 5) is 29.6. The van der Waals surface area contributed by atoms with Gasteiger partial charge in [0.2, 0.25) is 0 Å². The summed E-state index contributed by atoms with van der Waals surface area (Å²) < 4.78 is 1.59. The second kappa shape index (κ2) is 16.3. The molecule has 1 unspecified atom stereocenters. The normalized spacial score (nSPS) is 11.7. The number of hydrogen-bond donors (Lipinski definition) is 1. The zero-order valence-electron chi connectivity index (χ0n) is 20.3. The molecule has 0 aliphatic carbocycles. The van der Waals surface area contributed by atoms with E-state index in [-0.39, 0.29) is 17.2 Å². The molecule has 2 aromatic heterocycles. The molecule has 1 atom stereocenters. The van der Waals surface area contributed by atoms with Crippen molar-refractivity contribution in [2.75, 3.05) is 5.32 Å². The van der Waals surface area contributed by atoms with Crippen molar-refractivity contribution >= 4 is 11.6 Å². The van der Waals surface area contributed by atoms with E-state index in [1.807, 2.05) is 53.7 Å². The van der Waals surface area contributed by atoms with Crippen LogP contribution in [-0.4, -0.2) is 15.5 Å². The fraction of sp³-hybridized carbons (Fsp3) is 0.296. The number of rotatable bonds is 8. The van der Waals surface area contributed by atoms with Gasteiger partial charge in [-0.3, -0.25) is 14.6 Å². The summed E-state index contributed by atoms with van der Waals surface area (Å²) >= 11 is 0. The molecular formula is C27H37N3O2. The molecule has 1 amide bonds. The summed E-state index contributed by atoms with van der Waals surface area (Å²) in [5.74, 6) is -0.451. The van der Waals surface area contributed by atoms with Crippen LogP contribution in [-0.2, 0) is 0 Å². The summed E-state index contributed by atoms with van der Waals surface area (Å²) in [5, 5.41) is 2.73. The van der Waals surface area contributed by atoms with Crippen LogP contribution in [0.4, 0.5) is 5.69 Å². The van der Waals surface area contributed by atoms with E-state index in [0.29, 0.717) is 12.1 Å². The van der Waals surface area contributed by atoms with Gasteiger partial charge in [0.05, 0.1) is 6.04 Å². The number of anilines is 1. The molecule has 32 heavy (non-hydrogen) atoms. The van der Waals surface area contributed by atoms with Crippen molar-refractivity contribution in [3.8, 4) is 0 Å². The lowest BCUT2D eigenvalue weighted by Crippen LogP contribution is -2.31. The monoisotopic (exact) mass is 435 g/mol. The third-order valence-corrected chi connectivity index (χ3v) is 4.41. The van der Waals surface area contributed by atoms with E-state index < -0.39 is 5.91 Å². The van der Waals surface area contributed by atoms with Gasteiger partial charge in [-0.25, -0.2) is 0 Å². The molecule has 0 saturated heterocycles. The number of carbonyl (C=O) groups is 1. The predicted octanol–water partition coefficient (Wildman–Crippen LogP) is 6.74. The van der Waals surface area contributed by atoms with Crippen LogP contribution in [0.5, 0.6) is 0 Å². The van der Waals surface area contributed by atoms with Gasteiger partial charge in [0.25, 0.3) is 11.5 Å². The van der Waals surface area contributed by atoms with Gasteiger partial charge >= 0.3 is 0 Å². The first-order chi connectivity index (χ1) is 15.5. The summed E-state index contributed by atoms with van der Waals surface area (Å²) in [6, 6.07) is 6.36. The second-order valence-corrected chi connectivity index (χ2v) is 6.19. The van der Waals surface area contributed by atoms with Crippen molar-refractivity contribution in [3.05, 3.63) is 107 Å². The zero-order valence-corrected chi connectivity index (χ0v) is 20.3. The Morgan fingerprint density at radius 3 is 2.31 bits per heavy atom. The Labute approximate surface area is 192 Å². The smallest absolute Gasteiger partial charge is 0.263 e. The van der Waals surface area contributed by atoms with Crippen molar-refractivity contribution in [2.45, 2.75) is 54.0 Å². The first-order valence-corrected chi connectivity index (χ1v) is 11.1. The molecule has 2 heterocycles. The van der Waals surface area contributed by atoms with Crippen LogP contribution in [0, 0.1) is 0 Å². The number of amides is 1. The van der Waals surface area contributed by atoms with Gasteiger partial charge in [0.15, 0.2) is 0 Å². The fourth-order valence-corrected chi connectivity index (χ4v) is 2.92. The maximum Gasteiger partial charge on any atom is 0.263 e. The molecule has 172 valence electrons. The van der Waals surface area contributed by atoms with Crippen LogP contribution in [0.3, 0.4) is 0 Å². The minimum Gasteiger partial charge on any atom is -0.322 e.